The minimum Gasteiger partial charge on any atom is -0.326 e. The normalized spacial score (nSPS) is 14.3. The summed E-state index contributed by atoms with van der Waals surface area (Å²) in [7, 11) is 0. The molecular weight excluding hydrogens is 240 g/mol. The van der Waals surface area contributed by atoms with Gasteiger partial charge in [0.2, 0.25) is 11.8 Å². The van der Waals surface area contributed by atoms with Crippen molar-refractivity contribution in [2.75, 3.05) is 16.8 Å². The molecule has 1 saturated heterocycles. The summed E-state index contributed by atoms with van der Waals surface area (Å²) < 4.78 is 0. The summed E-state index contributed by atoms with van der Waals surface area (Å²) in [5.74, 6) is 2.46. The molecule has 2 amide bonds. The number of terminal acetylenes is 1. The molecule has 0 radical (unpaired) electrons. The molecule has 0 aliphatic carbocycles. The summed E-state index contributed by atoms with van der Waals surface area (Å²) in [6.07, 6.45) is 7.34. The molecule has 0 bridgehead atoms. The van der Waals surface area contributed by atoms with Gasteiger partial charge in [0, 0.05) is 37.2 Å². The highest BCUT2D eigenvalue weighted by Crippen LogP contribution is 2.24. The molecule has 2 rings (SSSR count). The van der Waals surface area contributed by atoms with Gasteiger partial charge in [0.1, 0.15) is 0 Å². The number of anilines is 2. The van der Waals surface area contributed by atoms with E-state index >= 15 is 0 Å². The third-order valence-corrected chi connectivity index (χ3v) is 3.01. The van der Waals surface area contributed by atoms with E-state index in [1.54, 1.807) is 11.0 Å². The molecule has 0 atom stereocenters. The number of amides is 2. The van der Waals surface area contributed by atoms with Crippen LogP contribution < -0.4 is 10.2 Å². The standard InChI is InChI=1S/C15H16N2O2/c1-2-3-8-14(18)16-12-6-4-7-13(11-12)17-10-5-9-15(17)19/h1,4,6-7,11H,3,5,8-10H2,(H,16,18). The van der Waals surface area contributed by atoms with Crippen LogP contribution >= 0.6 is 0 Å². The van der Waals surface area contributed by atoms with Crippen molar-refractivity contribution >= 4 is 23.2 Å². The van der Waals surface area contributed by atoms with Gasteiger partial charge in [0.25, 0.3) is 0 Å². The number of benzene rings is 1. The molecule has 1 fully saturated rings. The minimum absolute atomic E-state index is 0.108. The average Bonchev–Trinajstić information content (AvgIpc) is 2.83. The summed E-state index contributed by atoms with van der Waals surface area (Å²) >= 11 is 0. The second-order valence-electron chi connectivity index (χ2n) is 4.45. The molecular formula is C15H16N2O2. The molecule has 1 aliphatic heterocycles. The third-order valence-electron chi connectivity index (χ3n) is 3.01. The number of hydrogen-bond donors (Lipinski definition) is 1. The Morgan fingerprint density at radius 1 is 1.47 bits per heavy atom. The first-order valence-corrected chi connectivity index (χ1v) is 6.34. The van der Waals surface area contributed by atoms with Crippen molar-refractivity contribution in [2.45, 2.75) is 25.7 Å². The Morgan fingerprint density at radius 3 is 3.00 bits per heavy atom. The second-order valence-corrected chi connectivity index (χ2v) is 4.45. The lowest BCUT2D eigenvalue weighted by Gasteiger charge is -2.16. The molecule has 98 valence electrons. The van der Waals surface area contributed by atoms with Crippen LogP contribution in [0.3, 0.4) is 0 Å². The van der Waals surface area contributed by atoms with Crippen molar-refractivity contribution in [3.63, 3.8) is 0 Å². The molecule has 1 aromatic carbocycles. The Bertz CT molecular complexity index is 531. The SMILES string of the molecule is C#CCCC(=O)Nc1cccc(N2CCCC2=O)c1. The summed E-state index contributed by atoms with van der Waals surface area (Å²) in [6.45, 7) is 0.743. The van der Waals surface area contributed by atoms with Gasteiger partial charge in [-0.05, 0) is 24.6 Å². The Kier molecular flexibility index (Phi) is 4.19. The van der Waals surface area contributed by atoms with E-state index in [0.29, 0.717) is 24.9 Å². The number of carbonyl (C=O) groups is 2. The van der Waals surface area contributed by atoms with Crippen molar-refractivity contribution in [1.29, 1.82) is 0 Å². The number of nitrogens with zero attached hydrogens (tertiary/aromatic N) is 1. The summed E-state index contributed by atoms with van der Waals surface area (Å²) in [5, 5.41) is 2.78. The maximum Gasteiger partial charge on any atom is 0.227 e. The quantitative estimate of drug-likeness (QED) is 0.839. The van der Waals surface area contributed by atoms with Crippen LogP contribution in [0.25, 0.3) is 0 Å². The minimum atomic E-state index is -0.108. The fourth-order valence-electron chi connectivity index (χ4n) is 2.08. The molecule has 1 aromatic rings. The van der Waals surface area contributed by atoms with Crippen LogP contribution in [0, 0.1) is 12.3 Å². The maximum absolute atomic E-state index is 11.7. The summed E-state index contributed by atoms with van der Waals surface area (Å²) in [4.78, 5) is 25.0. The van der Waals surface area contributed by atoms with Crippen molar-refractivity contribution in [3.05, 3.63) is 24.3 Å². The molecule has 4 heteroatoms. The first-order chi connectivity index (χ1) is 9.20. The monoisotopic (exact) mass is 256 g/mol. The Morgan fingerprint density at radius 2 is 2.32 bits per heavy atom. The first-order valence-electron chi connectivity index (χ1n) is 6.34. The predicted octanol–water partition coefficient (Wildman–Crippen LogP) is 2.17. The first kappa shape index (κ1) is 13.2. The maximum atomic E-state index is 11.7. The van der Waals surface area contributed by atoms with Gasteiger partial charge in [-0.15, -0.1) is 12.3 Å². The highest BCUT2D eigenvalue weighted by molar-refractivity contribution is 5.97. The van der Waals surface area contributed by atoms with Crippen LogP contribution in [0.1, 0.15) is 25.7 Å². The van der Waals surface area contributed by atoms with Crippen LogP contribution in [0.4, 0.5) is 11.4 Å². The number of hydrogen-bond acceptors (Lipinski definition) is 2. The molecule has 1 heterocycles. The Labute approximate surface area is 112 Å². The third kappa shape index (κ3) is 3.35. The van der Waals surface area contributed by atoms with E-state index in [1.165, 1.54) is 0 Å². The smallest absolute Gasteiger partial charge is 0.227 e. The lowest BCUT2D eigenvalue weighted by Crippen LogP contribution is -2.23. The van der Waals surface area contributed by atoms with Crippen molar-refractivity contribution in [2.24, 2.45) is 0 Å². The lowest BCUT2D eigenvalue weighted by molar-refractivity contribution is -0.117. The fraction of sp³-hybridized carbons (Fsp3) is 0.333. The number of nitrogens with one attached hydrogen (secondary N) is 1. The van der Waals surface area contributed by atoms with Crippen molar-refractivity contribution in [3.8, 4) is 12.3 Å². The van der Waals surface area contributed by atoms with Crippen LogP contribution in [-0.2, 0) is 9.59 Å². The Hall–Kier alpha value is -2.28. The molecule has 1 aliphatic rings. The van der Waals surface area contributed by atoms with E-state index in [2.05, 4.69) is 11.2 Å². The van der Waals surface area contributed by atoms with Gasteiger partial charge in [-0.25, -0.2) is 0 Å². The molecule has 19 heavy (non-hydrogen) atoms. The van der Waals surface area contributed by atoms with Crippen molar-refractivity contribution < 1.29 is 9.59 Å². The van der Waals surface area contributed by atoms with Crippen LogP contribution in [0.15, 0.2) is 24.3 Å². The highest BCUT2D eigenvalue weighted by Gasteiger charge is 2.21. The zero-order valence-corrected chi connectivity index (χ0v) is 10.7. The van der Waals surface area contributed by atoms with Gasteiger partial charge >= 0.3 is 0 Å². The lowest BCUT2D eigenvalue weighted by atomic mass is 10.2. The number of carbonyl (C=O) groups excluding carboxylic acids is 2. The summed E-state index contributed by atoms with van der Waals surface area (Å²) in [6, 6.07) is 7.33. The van der Waals surface area contributed by atoms with Gasteiger partial charge in [-0.1, -0.05) is 6.07 Å². The predicted molar refractivity (Wildman–Crippen MR) is 74.7 cm³/mol. The van der Waals surface area contributed by atoms with E-state index in [9.17, 15) is 9.59 Å². The highest BCUT2D eigenvalue weighted by atomic mass is 16.2. The van der Waals surface area contributed by atoms with Gasteiger partial charge in [-0.3, -0.25) is 9.59 Å². The molecule has 4 nitrogen and oxygen atoms in total. The zero-order valence-electron chi connectivity index (χ0n) is 10.7. The van der Waals surface area contributed by atoms with Crippen LogP contribution in [0.2, 0.25) is 0 Å². The van der Waals surface area contributed by atoms with Crippen molar-refractivity contribution in [1.82, 2.24) is 0 Å². The molecule has 1 N–H and O–H groups in total. The van der Waals surface area contributed by atoms with E-state index in [4.69, 9.17) is 6.42 Å². The Balaban J connectivity index is 2.05. The van der Waals surface area contributed by atoms with E-state index < -0.39 is 0 Å². The van der Waals surface area contributed by atoms with Gasteiger partial charge < -0.3 is 10.2 Å². The fourth-order valence-corrected chi connectivity index (χ4v) is 2.08. The van der Waals surface area contributed by atoms with E-state index in [-0.39, 0.29) is 11.8 Å². The number of rotatable bonds is 4. The zero-order chi connectivity index (χ0) is 13.7. The van der Waals surface area contributed by atoms with Gasteiger partial charge in [0.15, 0.2) is 0 Å². The molecule has 0 saturated carbocycles. The second kappa shape index (κ2) is 6.05. The van der Waals surface area contributed by atoms with Crippen LogP contribution in [0.5, 0.6) is 0 Å². The molecule has 0 spiro atoms. The topological polar surface area (TPSA) is 49.4 Å². The van der Waals surface area contributed by atoms with Gasteiger partial charge in [0.05, 0.1) is 0 Å². The average molecular weight is 256 g/mol. The molecule has 0 aromatic heterocycles. The van der Waals surface area contributed by atoms with Crippen LogP contribution in [-0.4, -0.2) is 18.4 Å². The van der Waals surface area contributed by atoms with E-state index in [0.717, 1.165) is 18.7 Å². The van der Waals surface area contributed by atoms with Gasteiger partial charge in [-0.2, -0.15) is 0 Å². The molecule has 0 unspecified atom stereocenters. The largest absolute Gasteiger partial charge is 0.326 e. The summed E-state index contributed by atoms with van der Waals surface area (Å²) in [5.41, 5.74) is 1.52. The van der Waals surface area contributed by atoms with E-state index in [1.807, 2.05) is 18.2 Å².